The zero-order chi connectivity index (χ0) is 21.0. The van der Waals surface area contributed by atoms with E-state index in [1.165, 1.54) is 39.1 Å². The molecule has 1 aromatic heterocycles. The van der Waals surface area contributed by atoms with Crippen LogP contribution in [0.3, 0.4) is 0 Å². The van der Waals surface area contributed by atoms with Crippen LogP contribution in [0.15, 0.2) is 78.5 Å². The van der Waals surface area contributed by atoms with Gasteiger partial charge in [0.05, 0.1) is 5.69 Å². The van der Waals surface area contributed by atoms with Crippen LogP contribution in [0.1, 0.15) is 40.8 Å². The lowest BCUT2D eigenvalue weighted by Gasteiger charge is -2.29. The third-order valence-electron chi connectivity index (χ3n) is 6.42. The molecule has 3 aromatic rings. The molecule has 0 N–H and O–H groups in total. The SMILES string of the molecule is Clc1ccc2c(c1)CCc1cccnc1C2=C1CCN(C/C=C/c2ccccc2)CC1. The molecular formula is C28H27ClN2. The molecule has 2 aromatic carbocycles. The summed E-state index contributed by atoms with van der Waals surface area (Å²) in [7, 11) is 0. The molecule has 0 unspecified atom stereocenters. The lowest BCUT2D eigenvalue weighted by atomic mass is 9.88. The van der Waals surface area contributed by atoms with Gasteiger partial charge in [0, 0.05) is 36.4 Å². The number of piperidine rings is 1. The molecule has 31 heavy (non-hydrogen) atoms. The predicted octanol–water partition coefficient (Wildman–Crippen LogP) is 6.44. The fourth-order valence-electron chi connectivity index (χ4n) is 4.79. The Labute approximate surface area is 189 Å². The average molecular weight is 427 g/mol. The van der Waals surface area contributed by atoms with E-state index in [0.29, 0.717) is 0 Å². The summed E-state index contributed by atoms with van der Waals surface area (Å²) in [6.45, 7) is 3.17. The normalized spacial score (nSPS) is 16.8. The van der Waals surface area contributed by atoms with Gasteiger partial charge in [-0.05, 0) is 66.1 Å². The number of aromatic nitrogens is 1. The number of rotatable bonds is 3. The van der Waals surface area contributed by atoms with E-state index < -0.39 is 0 Å². The number of benzene rings is 2. The molecule has 2 nitrogen and oxygen atoms in total. The van der Waals surface area contributed by atoms with E-state index in [2.05, 4.69) is 71.6 Å². The van der Waals surface area contributed by atoms with E-state index in [9.17, 15) is 0 Å². The second-order valence-electron chi connectivity index (χ2n) is 8.40. The number of pyridine rings is 1. The third-order valence-corrected chi connectivity index (χ3v) is 6.65. The van der Waals surface area contributed by atoms with Crippen molar-refractivity contribution in [3.63, 3.8) is 0 Å². The van der Waals surface area contributed by atoms with Crippen LogP contribution < -0.4 is 0 Å². The molecule has 3 heteroatoms. The van der Waals surface area contributed by atoms with Crippen molar-refractivity contribution in [3.05, 3.63) is 111 Å². The van der Waals surface area contributed by atoms with Crippen molar-refractivity contribution in [2.75, 3.05) is 19.6 Å². The van der Waals surface area contributed by atoms with Crippen molar-refractivity contribution in [1.82, 2.24) is 9.88 Å². The van der Waals surface area contributed by atoms with Crippen LogP contribution in [-0.4, -0.2) is 29.5 Å². The fraction of sp³-hybridized carbons (Fsp3) is 0.250. The maximum atomic E-state index is 6.34. The lowest BCUT2D eigenvalue weighted by Crippen LogP contribution is -2.31. The molecule has 2 heterocycles. The van der Waals surface area contributed by atoms with Gasteiger partial charge in [-0.3, -0.25) is 9.88 Å². The zero-order valence-corrected chi connectivity index (χ0v) is 18.5. The van der Waals surface area contributed by atoms with Gasteiger partial charge < -0.3 is 0 Å². The van der Waals surface area contributed by atoms with Crippen LogP contribution in [0, 0.1) is 0 Å². The van der Waals surface area contributed by atoms with Gasteiger partial charge in [0.2, 0.25) is 0 Å². The highest BCUT2D eigenvalue weighted by Gasteiger charge is 2.24. The van der Waals surface area contributed by atoms with Crippen LogP contribution in [0.25, 0.3) is 11.6 Å². The van der Waals surface area contributed by atoms with Crippen LogP contribution in [-0.2, 0) is 12.8 Å². The van der Waals surface area contributed by atoms with E-state index >= 15 is 0 Å². The Balaban J connectivity index is 1.39. The second-order valence-corrected chi connectivity index (χ2v) is 8.84. The summed E-state index contributed by atoms with van der Waals surface area (Å²) in [4.78, 5) is 7.39. The minimum absolute atomic E-state index is 0.821. The Morgan fingerprint density at radius 1 is 0.871 bits per heavy atom. The van der Waals surface area contributed by atoms with Crippen molar-refractivity contribution < 1.29 is 0 Å². The quantitative estimate of drug-likeness (QED) is 0.478. The maximum absolute atomic E-state index is 6.34. The van der Waals surface area contributed by atoms with Gasteiger partial charge in [0.1, 0.15) is 0 Å². The van der Waals surface area contributed by atoms with E-state index in [0.717, 1.165) is 50.3 Å². The van der Waals surface area contributed by atoms with Gasteiger partial charge in [-0.1, -0.05) is 71.8 Å². The van der Waals surface area contributed by atoms with Gasteiger partial charge >= 0.3 is 0 Å². The molecule has 5 rings (SSSR count). The predicted molar refractivity (Wildman–Crippen MR) is 130 cm³/mol. The number of likely N-dealkylation sites (tertiary alicyclic amines) is 1. The first-order chi connectivity index (χ1) is 15.3. The Morgan fingerprint density at radius 3 is 2.52 bits per heavy atom. The number of halogens is 1. The zero-order valence-electron chi connectivity index (χ0n) is 17.7. The summed E-state index contributed by atoms with van der Waals surface area (Å²) in [5, 5.41) is 0.821. The number of hydrogen-bond acceptors (Lipinski definition) is 2. The minimum Gasteiger partial charge on any atom is -0.299 e. The van der Waals surface area contributed by atoms with Gasteiger partial charge in [-0.25, -0.2) is 0 Å². The minimum atomic E-state index is 0.821. The standard InChI is InChI=1S/C28H27ClN2/c29-25-12-13-26-24(20-25)11-10-23-9-4-16-30-28(23)27(26)22-14-18-31(19-15-22)17-5-8-21-6-2-1-3-7-21/h1-9,12-13,16,20H,10-11,14-15,17-19H2/b8-5+. The lowest BCUT2D eigenvalue weighted by molar-refractivity contribution is 0.284. The average Bonchev–Trinajstić information content (AvgIpc) is 2.97. The number of nitrogens with zero attached hydrogens (tertiary/aromatic N) is 2. The molecule has 0 spiro atoms. The number of hydrogen-bond donors (Lipinski definition) is 0. The van der Waals surface area contributed by atoms with E-state index in [1.54, 1.807) is 0 Å². The first-order valence-electron chi connectivity index (χ1n) is 11.2. The summed E-state index contributed by atoms with van der Waals surface area (Å²) >= 11 is 6.34. The number of fused-ring (bicyclic) bond motifs is 2. The van der Waals surface area contributed by atoms with Crippen LogP contribution in [0.4, 0.5) is 0 Å². The second kappa shape index (κ2) is 9.21. The molecule has 1 aliphatic carbocycles. The van der Waals surface area contributed by atoms with E-state index in [-0.39, 0.29) is 0 Å². The summed E-state index contributed by atoms with van der Waals surface area (Å²) in [5.41, 5.74) is 9.36. The largest absolute Gasteiger partial charge is 0.299 e. The highest BCUT2D eigenvalue weighted by atomic mass is 35.5. The summed E-state index contributed by atoms with van der Waals surface area (Å²) in [5.74, 6) is 0. The topological polar surface area (TPSA) is 16.1 Å². The van der Waals surface area contributed by atoms with Gasteiger partial charge in [-0.2, -0.15) is 0 Å². The Morgan fingerprint density at radius 2 is 1.68 bits per heavy atom. The molecule has 0 amide bonds. The Hall–Kier alpha value is -2.68. The highest BCUT2D eigenvalue weighted by molar-refractivity contribution is 6.30. The summed E-state index contributed by atoms with van der Waals surface area (Å²) in [6.07, 6.45) is 10.7. The molecule has 156 valence electrons. The molecule has 0 bridgehead atoms. The van der Waals surface area contributed by atoms with Crippen molar-refractivity contribution in [1.29, 1.82) is 0 Å². The van der Waals surface area contributed by atoms with Crippen molar-refractivity contribution in [2.24, 2.45) is 0 Å². The van der Waals surface area contributed by atoms with Crippen LogP contribution in [0.2, 0.25) is 5.02 Å². The Bertz CT molecular complexity index is 1120. The van der Waals surface area contributed by atoms with Gasteiger partial charge in [-0.15, -0.1) is 0 Å². The maximum Gasteiger partial charge on any atom is 0.0739 e. The molecule has 0 saturated carbocycles. The molecule has 0 radical (unpaired) electrons. The van der Waals surface area contributed by atoms with E-state index in [4.69, 9.17) is 16.6 Å². The molecule has 0 atom stereocenters. The Kier molecular flexibility index (Phi) is 6.01. The van der Waals surface area contributed by atoms with Crippen LogP contribution in [0.5, 0.6) is 0 Å². The van der Waals surface area contributed by atoms with Crippen molar-refractivity contribution in [2.45, 2.75) is 25.7 Å². The molecule has 1 fully saturated rings. The van der Waals surface area contributed by atoms with Crippen molar-refractivity contribution >= 4 is 23.3 Å². The smallest absolute Gasteiger partial charge is 0.0739 e. The molecule has 1 aliphatic heterocycles. The monoisotopic (exact) mass is 426 g/mol. The summed E-state index contributed by atoms with van der Waals surface area (Å²) < 4.78 is 0. The van der Waals surface area contributed by atoms with E-state index in [1.807, 2.05) is 12.3 Å². The third kappa shape index (κ3) is 4.51. The molecule has 1 saturated heterocycles. The highest BCUT2D eigenvalue weighted by Crippen LogP contribution is 2.38. The van der Waals surface area contributed by atoms with Gasteiger partial charge in [0.15, 0.2) is 0 Å². The van der Waals surface area contributed by atoms with Gasteiger partial charge in [0.25, 0.3) is 0 Å². The molecular weight excluding hydrogens is 400 g/mol. The fourth-order valence-corrected chi connectivity index (χ4v) is 4.99. The van der Waals surface area contributed by atoms with Crippen LogP contribution >= 0.6 is 11.6 Å². The number of aryl methyl sites for hydroxylation is 2. The van der Waals surface area contributed by atoms with Crippen molar-refractivity contribution in [3.8, 4) is 0 Å². The summed E-state index contributed by atoms with van der Waals surface area (Å²) in [6, 6.07) is 21.2. The first kappa shape index (κ1) is 20.2. The molecule has 2 aliphatic rings. The first-order valence-corrected chi connectivity index (χ1v) is 11.5.